The summed E-state index contributed by atoms with van der Waals surface area (Å²) in [5.74, 6) is 0.0575. The first-order chi connectivity index (χ1) is 6.65. The second-order valence-electron chi connectivity index (χ2n) is 3.75. The smallest absolute Gasteiger partial charge is 0.242 e. The van der Waals surface area contributed by atoms with Gasteiger partial charge in [-0.25, -0.2) is 0 Å². The van der Waals surface area contributed by atoms with Gasteiger partial charge >= 0.3 is 0 Å². The third-order valence-electron chi connectivity index (χ3n) is 2.58. The van der Waals surface area contributed by atoms with Gasteiger partial charge in [0, 0.05) is 12.5 Å². The summed E-state index contributed by atoms with van der Waals surface area (Å²) in [7, 11) is 0. The second-order valence-corrected chi connectivity index (χ2v) is 3.75. The molecule has 4 heteroatoms. The van der Waals surface area contributed by atoms with Gasteiger partial charge in [-0.2, -0.15) is 0 Å². The number of carbonyl (C=O) groups excluding carboxylic acids is 2. The molecule has 2 amide bonds. The van der Waals surface area contributed by atoms with E-state index in [4.69, 9.17) is 0 Å². The Morgan fingerprint density at radius 3 is 2.50 bits per heavy atom. The van der Waals surface area contributed by atoms with Crippen LogP contribution in [0.2, 0.25) is 0 Å². The molecule has 0 spiro atoms. The molecule has 0 aromatic heterocycles. The number of rotatable bonds is 4. The Balaban J connectivity index is 2.27. The molecule has 0 radical (unpaired) electrons. The lowest BCUT2D eigenvalue weighted by molar-refractivity contribution is -0.132. The summed E-state index contributed by atoms with van der Waals surface area (Å²) in [5, 5.41) is 5.39. The highest BCUT2D eigenvalue weighted by molar-refractivity contribution is 5.88. The standard InChI is InChI=1S/C10H18N2O2/c1-3-11-9(13)7(2)12-10(14)8-5-4-6-8/h7-8H,3-6H2,1-2H3,(H,11,13)(H,12,14). The Morgan fingerprint density at radius 2 is 2.07 bits per heavy atom. The highest BCUT2D eigenvalue weighted by Gasteiger charge is 2.27. The lowest BCUT2D eigenvalue weighted by atomic mass is 9.84. The number of amides is 2. The van der Waals surface area contributed by atoms with Crippen LogP contribution in [-0.2, 0) is 9.59 Å². The van der Waals surface area contributed by atoms with Gasteiger partial charge in [-0.05, 0) is 26.7 Å². The molecule has 80 valence electrons. The minimum absolute atomic E-state index is 0.0232. The first-order valence-corrected chi connectivity index (χ1v) is 5.23. The molecule has 1 aliphatic rings. The van der Waals surface area contributed by atoms with Crippen molar-refractivity contribution in [2.75, 3.05) is 6.54 Å². The van der Waals surface area contributed by atoms with Crippen molar-refractivity contribution in [2.24, 2.45) is 5.92 Å². The van der Waals surface area contributed by atoms with E-state index in [0.717, 1.165) is 19.3 Å². The van der Waals surface area contributed by atoms with Crippen molar-refractivity contribution >= 4 is 11.8 Å². The first kappa shape index (κ1) is 11.0. The zero-order chi connectivity index (χ0) is 10.6. The molecule has 1 atom stereocenters. The highest BCUT2D eigenvalue weighted by Crippen LogP contribution is 2.26. The van der Waals surface area contributed by atoms with Crippen LogP contribution in [0.4, 0.5) is 0 Å². The first-order valence-electron chi connectivity index (χ1n) is 5.23. The van der Waals surface area contributed by atoms with E-state index in [1.54, 1.807) is 6.92 Å². The SMILES string of the molecule is CCNC(=O)C(C)NC(=O)C1CCC1. The summed E-state index contributed by atoms with van der Waals surface area (Å²) in [6, 6.07) is -0.414. The Morgan fingerprint density at radius 1 is 1.43 bits per heavy atom. The van der Waals surface area contributed by atoms with Crippen LogP contribution in [-0.4, -0.2) is 24.4 Å². The molecule has 0 saturated heterocycles. The summed E-state index contributed by atoms with van der Waals surface area (Å²) in [4.78, 5) is 22.7. The van der Waals surface area contributed by atoms with Gasteiger partial charge in [0.25, 0.3) is 0 Å². The van der Waals surface area contributed by atoms with Gasteiger partial charge in [0.1, 0.15) is 6.04 Å². The van der Waals surface area contributed by atoms with Gasteiger partial charge in [-0.15, -0.1) is 0 Å². The summed E-state index contributed by atoms with van der Waals surface area (Å²) >= 11 is 0. The minimum Gasteiger partial charge on any atom is -0.355 e. The average Bonchev–Trinajstić information content (AvgIpc) is 2.00. The minimum atomic E-state index is -0.414. The normalized spacial score (nSPS) is 18.1. The molecule has 14 heavy (non-hydrogen) atoms. The van der Waals surface area contributed by atoms with E-state index >= 15 is 0 Å². The van der Waals surface area contributed by atoms with Crippen LogP contribution in [0.25, 0.3) is 0 Å². The number of likely N-dealkylation sites (N-methyl/N-ethyl adjacent to an activating group) is 1. The average molecular weight is 198 g/mol. The van der Waals surface area contributed by atoms with Gasteiger partial charge in [0.15, 0.2) is 0 Å². The summed E-state index contributed by atoms with van der Waals surface area (Å²) in [6.07, 6.45) is 3.07. The molecule has 0 aromatic carbocycles. The molecule has 4 nitrogen and oxygen atoms in total. The zero-order valence-corrected chi connectivity index (χ0v) is 8.80. The molecule has 1 rings (SSSR count). The van der Waals surface area contributed by atoms with E-state index in [2.05, 4.69) is 10.6 Å². The van der Waals surface area contributed by atoms with Crippen molar-refractivity contribution in [3.05, 3.63) is 0 Å². The van der Waals surface area contributed by atoms with E-state index in [1.165, 1.54) is 0 Å². The molecule has 0 heterocycles. The Hall–Kier alpha value is -1.06. The maximum atomic E-state index is 11.5. The molecule has 1 unspecified atom stereocenters. The van der Waals surface area contributed by atoms with Crippen LogP contribution in [0.3, 0.4) is 0 Å². The predicted octanol–water partition coefficient (Wildman–Crippen LogP) is 0.427. The molecule has 1 saturated carbocycles. The van der Waals surface area contributed by atoms with Crippen molar-refractivity contribution in [2.45, 2.75) is 39.2 Å². The van der Waals surface area contributed by atoms with E-state index in [9.17, 15) is 9.59 Å². The quantitative estimate of drug-likeness (QED) is 0.688. The fraction of sp³-hybridized carbons (Fsp3) is 0.800. The van der Waals surface area contributed by atoms with Crippen molar-refractivity contribution in [3.8, 4) is 0 Å². The van der Waals surface area contributed by atoms with Crippen molar-refractivity contribution < 1.29 is 9.59 Å². The van der Waals surface area contributed by atoms with Crippen LogP contribution in [0.15, 0.2) is 0 Å². The lowest BCUT2D eigenvalue weighted by Gasteiger charge is -2.25. The Bertz CT molecular complexity index is 224. The third kappa shape index (κ3) is 2.72. The largest absolute Gasteiger partial charge is 0.355 e. The lowest BCUT2D eigenvalue weighted by Crippen LogP contribution is -2.47. The van der Waals surface area contributed by atoms with Crippen molar-refractivity contribution in [3.63, 3.8) is 0 Å². The highest BCUT2D eigenvalue weighted by atomic mass is 16.2. The molecule has 1 aliphatic carbocycles. The summed E-state index contributed by atoms with van der Waals surface area (Å²) in [6.45, 7) is 4.17. The van der Waals surface area contributed by atoms with Crippen LogP contribution < -0.4 is 10.6 Å². The van der Waals surface area contributed by atoms with Gasteiger partial charge < -0.3 is 10.6 Å². The fourth-order valence-electron chi connectivity index (χ4n) is 1.39. The fourth-order valence-corrected chi connectivity index (χ4v) is 1.39. The van der Waals surface area contributed by atoms with Crippen molar-refractivity contribution in [1.82, 2.24) is 10.6 Å². The maximum absolute atomic E-state index is 11.5. The molecule has 0 bridgehead atoms. The molecule has 2 N–H and O–H groups in total. The van der Waals surface area contributed by atoms with Gasteiger partial charge in [-0.3, -0.25) is 9.59 Å². The van der Waals surface area contributed by atoms with Crippen molar-refractivity contribution in [1.29, 1.82) is 0 Å². The van der Waals surface area contributed by atoms with E-state index in [0.29, 0.717) is 6.54 Å². The molecule has 1 fully saturated rings. The predicted molar refractivity (Wildman–Crippen MR) is 53.6 cm³/mol. The van der Waals surface area contributed by atoms with Gasteiger partial charge in [0.05, 0.1) is 0 Å². The zero-order valence-electron chi connectivity index (χ0n) is 8.80. The monoisotopic (exact) mass is 198 g/mol. The molecule has 0 aromatic rings. The van der Waals surface area contributed by atoms with Crippen LogP contribution in [0.5, 0.6) is 0 Å². The number of nitrogens with one attached hydrogen (secondary N) is 2. The van der Waals surface area contributed by atoms with Crippen LogP contribution in [0.1, 0.15) is 33.1 Å². The third-order valence-corrected chi connectivity index (χ3v) is 2.58. The van der Waals surface area contributed by atoms with E-state index in [-0.39, 0.29) is 17.7 Å². The second kappa shape index (κ2) is 4.98. The summed E-state index contributed by atoms with van der Waals surface area (Å²) < 4.78 is 0. The number of carbonyl (C=O) groups is 2. The van der Waals surface area contributed by atoms with E-state index in [1.807, 2.05) is 6.92 Å². The summed E-state index contributed by atoms with van der Waals surface area (Å²) in [5.41, 5.74) is 0. The molecular weight excluding hydrogens is 180 g/mol. The van der Waals surface area contributed by atoms with E-state index < -0.39 is 6.04 Å². The van der Waals surface area contributed by atoms with Crippen LogP contribution >= 0.6 is 0 Å². The topological polar surface area (TPSA) is 58.2 Å². The van der Waals surface area contributed by atoms with Gasteiger partial charge in [0.2, 0.25) is 11.8 Å². The maximum Gasteiger partial charge on any atom is 0.242 e. The number of hydrogen-bond donors (Lipinski definition) is 2. The Labute approximate surface area is 84.4 Å². The Kier molecular flexibility index (Phi) is 3.92. The molecule has 0 aliphatic heterocycles. The molecular formula is C10H18N2O2. The van der Waals surface area contributed by atoms with Gasteiger partial charge in [-0.1, -0.05) is 6.42 Å². The van der Waals surface area contributed by atoms with Crippen LogP contribution in [0, 0.1) is 5.92 Å². The number of hydrogen-bond acceptors (Lipinski definition) is 2.